The number of hydrogen-bond donors (Lipinski definition) is 1. The number of nitrogen functional groups attached to an aromatic ring is 1. The second kappa shape index (κ2) is 7.16. The minimum atomic E-state index is -0.519. The summed E-state index contributed by atoms with van der Waals surface area (Å²) in [6.07, 6.45) is 1.66. The van der Waals surface area contributed by atoms with Crippen molar-refractivity contribution < 1.29 is 8.78 Å². The van der Waals surface area contributed by atoms with E-state index in [1.54, 1.807) is 6.07 Å². The lowest BCUT2D eigenvalue weighted by atomic mass is 9.95. The van der Waals surface area contributed by atoms with Crippen LogP contribution in [0.15, 0.2) is 42.6 Å². The second-order valence-corrected chi connectivity index (χ2v) is 6.59. The predicted molar refractivity (Wildman–Crippen MR) is 98.3 cm³/mol. The van der Waals surface area contributed by atoms with E-state index in [-0.39, 0.29) is 32.9 Å². The number of aromatic nitrogens is 1. The summed E-state index contributed by atoms with van der Waals surface area (Å²) in [7, 11) is 0. The summed E-state index contributed by atoms with van der Waals surface area (Å²) in [5.41, 5.74) is 8.07. The fraction of sp³-hybridized carbons (Fsp3) is 0.0556. The molecule has 0 atom stereocenters. The van der Waals surface area contributed by atoms with Crippen LogP contribution in [0.4, 0.5) is 14.5 Å². The Morgan fingerprint density at radius 3 is 2.44 bits per heavy atom. The summed E-state index contributed by atoms with van der Waals surface area (Å²) < 4.78 is 27.6. The molecule has 2 aromatic carbocycles. The van der Waals surface area contributed by atoms with Crippen LogP contribution in [0.2, 0.25) is 15.2 Å². The first-order chi connectivity index (χ1) is 11.9. The van der Waals surface area contributed by atoms with Crippen molar-refractivity contribution in [3.63, 3.8) is 0 Å². The first-order valence-corrected chi connectivity index (χ1v) is 8.32. The number of nitrogens with zero attached hydrogens (tertiary/aromatic N) is 1. The van der Waals surface area contributed by atoms with E-state index < -0.39 is 11.6 Å². The fourth-order valence-corrected chi connectivity index (χ4v) is 3.35. The largest absolute Gasteiger partial charge is 0.398 e. The van der Waals surface area contributed by atoms with Gasteiger partial charge >= 0.3 is 0 Å². The Balaban J connectivity index is 2.14. The monoisotopic (exact) mass is 398 g/mol. The summed E-state index contributed by atoms with van der Waals surface area (Å²) in [4.78, 5) is 4.05. The van der Waals surface area contributed by atoms with E-state index in [2.05, 4.69) is 4.98 Å². The zero-order valence-electron chi connectivity index (χ0n) is 12.7. The molecular formula is C18H11Cl3F2N2. The van der Waals surface area contributed by atoms with Gasteiger partial charge in [-0.05, 0) is 42.0 Å². The van der Waals surface area contributed by atoms with Gasteiger partial charge in [0.25, 0.3) is 0 Å². The van der Waals surface area contributed by atoms with Crippen LogP contribution in [0, 0.1) is 11.6 Å². The molecule has 0 aliphatic carbocycles. The van der Waals surface area contributed by atoms with Gasteiger partial charge in [-0.1, -0.05) is 34.8 Å². The van der Waals surface area contributed by atoms with Gasteiger partial charge in [-0.3, -0.25) is 0 Å². The SMILES string of the molecule is Nc1cc(Cl)cc(F)c1Cc1ccnc(Cl)c1-c1ccc(F)cc1Cl. The average molecular weight is 400 g/mol. The Labute approximate surface area is 158 Å². The van der Waals surface area contributed by atoms with Gasteiger partial charge in [0.2, 0.25) is 0 Å². The first kappa shape index (κ1) is 17.9. The Morgan fingerprint density at radius 1 is 1.00 bits per heavy atom. The summed E-state index contributed by atoms with van der Waals surface area (Å²) in [5, 5.41) is 0.577. The first-order valence-electron chi connectivity index (χ1n) is 7.19. The molecule has 0 aliphatic rings. The van der Waals surface area contributed by atoms with Crippen molar-refractivity contribution in [3.8, 4) is 11.1 Å². The zero-order valence-corrected chi connectivity index (χ0v) is 14.9. The van der Waals surface area contributed by atoms with Crippen LogP contribution in [-0.4, -0.2) is 4.98 Å². The average Bonchev–Trinajstić information content (AvgIpc) is 2.52. The third-order valence-corrected chi connectivity index (χ3v) is 4.57. The van der Waals surface area contributed by atoms with Gasteiger partial charge in [0.05, 0.1) is 5.02 Å². The van der Waals surface area contributed by atoms with Crippen LogP contribution in [0.1, 0.15) is 11.1 Å². The summed E-state index contributed by atoms with van der Waals surface area (Å²) in [6, 6.07) is 8.32. The highest BCUT2D eigenvalue weighted by molar-refractivity contribution is 6.36. The van der Waals surface area contributed by atoms with Crippen molar-refractivity contribution in [2.75, 3.05) is 5.73 Å². The number of rotatable bonds is 3. The lowest BCUT2D eigenvalue weighted by Crippen LogP contribution is -2.02. The maximum Gasteiger partial charge on any atom is 0.137 e. The molecule has 3 aromatic rings. The molecule has 0 bridgehead atoms. The lowest BCUT2D eigenvalue weighted by molar-refractivity contribution is 0.615. The highest BCUT2D eigenvalue weighted by Crippen LogP contribution is 2.37. The van der Waals surface area contributed by atoms with Gasteiger partial charge in [-0.2, -0.15) is 0 Å². The van der Waals surface area contributed by atoms with Crippen LogP contribution in [0.3, 0.4) is 0 Å². The number of nitrogens with two attached hydrogens (primary N) is 1. The van der Waals surface area contributed by atoms with E-state index in [9.17, 15) is 8.78 Å². The summed E-state index contributed by atoms with van der Waals surface area (Å²) in [6.45, 7) is 0. The summed E-state index contributed by atoms with van der Waals surface area (Å²) in [5.74, 6) is -0.989. The minimum absolute atomic E-state index is 0.153. The molecule has 2 N–H and O–H groups in total. The molecule has 128 valence electrons. The third kappa shape index (κ3) is 3.71. The van der Waals surface area contributed by atoms with E-state index in [0.29, 0.717) is 16.7 Å². The molecule has 25 heavy (non-hydrogen) atoms. The van der Waals surface area contributed by atoms with Crippen LogP contribution in [-0.2, 0) is 6.42 Å². The smallest absolute Gasteiger partial charge is 0.137 e. The summed E-state index contributed by atoms with van der Waals surface area (Å²) >= 11 is 18.2. The van der Waals surface area contributed by atoms with E-state index in [1.807, 2.05) is 0 Å². The Morgan fingerprint density at radius 2 is 1.76 bits per heavy atom. The van der Waals surface area contributed by atoms with Gasteiger partial charge in [0.1, 0.15) is 16.8 Å². The van der Waals surface area contributed by atoms with Crippen molar-refractivity contribution in [2.24, 2.45) is 0 Å². The quantitative estimate of drug-likeness (QED) is 0.423. The fourth-order valence-electron chi connectivity index (χ4n) is 2.60. The van der Waals surface area contributed by atoms with E-state index in [0.717, 1.165) is 0 Å². The molecule has 0 spiro atoms. The standard InChI is InChI=1S/C18H11Cl3F2N2/c19-10-6-15(23)13(16(24)7-10)5-9-3-4-25-18(21)17(9)12-2-1-11(22)8-14(12)20/h1-4,6-8H,5,24H2. The van der Waals surface area contributed by atoms with Crippen molar-refractivity contribution in [3.05, 3.63) is 80.6 Å². The van der Waals surface area contributed by atoms with Crippen molar-refractivity contribution in [1.82, 2.24) is 4.98 Å². The molecule has 0 unspecified atom stereocenters. The molecule has 0 aliphatic heterocycles. The number of pyridine rings is 1. The maximum atomic E-state index is 14.3. The van der Waals surface area contributed by atoms with Gasteiger partial charge < -0.3 is 5.73 Å². The number of hydrogen-bond acceptors (Lipinski definition) is 2. The van der Waals surface area contributed by atoms with Gasteiger partial charge in [0, 0.05) is 40.0 Å². The van der Waals surface area contributed by atoms with Crippen molar-refractivity contribution in [1.29, 1.82) is 0 Å². The highest BCUT2D eigenvalue weighted by Gasteiger charge is 2.17. The Bertz CT molecular complexity index is 938. The number of halogens is 5. The molecular weight excluding hydrogens is 389 g/mol. The van der Waals surface area contributed by atoms with Gasteiger partial charge in [-0.15, -0.1) is 0 Å². The molecule has 1 heterocycles. The van der Waals surface area contributed by atoms with E-state index >= 15 is 0 Å². The van der Waals surface area contributed by atoms with E-state index in [1.165, 1.54) is 36.5 Å². The molecule has 7 heteroatoms. The highest BCUT2D eigenvalue weighted by atomic mass is 35.5. The number of anilines is 1. The lowest BCUT2D eigenvalue weighted by Gasteiger charge is -2.14. The van der Waals surface area contributed by atoms with E-state index in [4.69, 9.17) is 40.5 Å². The van der Waals surface area contributed by atoms with Crippen LogP contribution in [0.25, 0.3) is 11.1 Å². The molecule has 3 rings (SSSR count). The van der Waals surface area contributed by atoms with Crippen LogP contribution < -0.4 is 5.73 Å². The molecule has 0 saturated carbocycles. The predicted octanol–water partition coefficient (Wildman–Crippen LogP) is 6.16. The van der Waals surface area contributed by atoms with Crippen molar-refractivity contribution >= 4 is 40.5 Å². The topological polar surface area (TPSA) is 38.9 Å². The zero-order chi connectivity index (χ0) is 18.1. The normalized spacial score (nSPS) is 10.9. The molecule has 0 radical (unpaired) electrons. The third-order valence-electron chi connectivity index (χ3n) is 3.75. The van der Waals surface area contributed by atoms with Gasteiger partial charge in [-0.25, -0.2) is 13.8 Å². The van der Waals surface area contributed by atoms with Crippen LogP contribution >= 0.6 is 34.8 Å². The van der Waals surface area contributed by atoms with Crippen LogP contribution in [0.5, 0.6) is 0 Å². The minimum Gasteiger partial charge on any atom is -0.398 e. The Kier molecular flexibility index (Phi) is 5.13. The maximum absolute atomic E-state index is 14.3. The molecule has 0 amide bonds. The molecule has 1 aromatic heterocycles. The Hall–Kier alpha value is -1.88. The van der Waals surface area contributed by atoms with Gasteiger partial charge in [0.15, 0.2) is 0 Å². The molecule has 0 fully saturated rings. The number of benzene rings is 2. The molecule has 2 nitrogen and oxygen atoms in total. The second-order valence-electron chi connectivity index (χ2n) is 5.39. The van der Waals surface area contributed by atoms with Crippen molar-refractivity contribution in [2.45, 2.75) is 6.42 Å². The molecule has 0 saturated heterocycles.